The van der Waals surface area contributed by atoms with Crippen LogP contribution in [0.1, 0.15) is 17.2 Å². The zero-order valence-electron chi connectivity index (χ0n) is 13.7. The molecule has 0 amide bonds. The Balaban J connectivity index is 1.88. The second-order valence-corrected chi connectivity index (χ2v) is 7.09. The summed E-state index contributed by atoms with van der Waals surface area (Å²) in [5.74, 6) is 0.319. The summed E-state index contributed by atoms with van der Waals surface area (Å²) in [4.78, 5) is 4.92. The summed E-state index contributed by atoms with van der Waals surface area (Å²) in [7, 11) is 0. The van der Waals surface area contributed by atoms with Crippen LogP contribution in [0.3, 0.4) is 0 Å². The Labute approximate surface area is 152 Å². The summed E-state index contributed by atoms with van der Waals surface area (Å²) in [5, 5.41) is 9.92. The van der Waals surface area contributed by atoms with Crippen LogP contribution in [0.25, 0.3) is 0 Å². The zero-order chi connectivity index (χ0) is 16.9. The van der Waals surface area contributed by atoms with Crippen LogP contribution in [0.4, 0.5) is 0 Å². The molecule has 24 heavy (non-hydrogen) atoms. The van der Waals surface area contributed by atoms with Gasteiger partial charge in [-0.05, 0) is 35.4 Å². The van der Waals surface area contributed by atoms with Crippen molar-refractivity contribution in [2.45, 2.75) is 6.04 Å². The lowest BCUT2D eigenvalue weighted by molar-refractivity contribution is 0.117. The first-order valence-corrected chi connectivity index (χ1v) is 9.08. The van der Waals surface area contributed by atoms with Gasteiger partial charge in [0.15, 0.2) is 0 Å². The van der Waals surface area contributed by atoms with Gasteiger partial charge in [-0.25, -0.2) is 0 Å². The topological polar surface area (TPSA) is 26.7 Å². The van der Waals surface area contributed by atoms with Gasteiger partial charge in [-0.2, -0.15) is 0 Å². The van der Waals surface area contributed by atoms with Gasteiger partial charge in [-0.15, -0.1) is 6.58 Å². The van der Waals surface area contributed by atoms with Crippen molar-refractivity contribution in [1.29, 1.82) is 0 Å². The number of rotatable bonds is 5. The van der Waals surface area contributed by atoms with E-state index in [9.17, 15) is 5.11 Å². The van der Waals surface area contributed by atoms with Crippen molar-refractivity contribution in [1.82, 2.24) is 9.80 Å². The van der Waals surface area contributed by atoms with Crippen molar-refractivity contribution >= 4 is 15.9 Å². The number of phenols is 1. The van der Waals surface area contributed by atoms with Crippen LogP contribution in [0.15, 0.2) is 65.7 Å². The molecule has 0 aliphatic carbocycles. The number of hydrogen-bond acceptors (Lipinski definition) is 3. The molecule has 3 rings (SSSR count). The van der Waals surface area contributed by atoms with Gasteiger partial charge in [-0.3, -0.25) is 9.80 Å². The fraction of sp³-hybridized carbons (Fsp3) is 0.300. The highest BCUT2D eigenvalue weighted by Crippen LogP contribution is 2.32. The molecule has 1 fully saturated rings. The Bertz CT molecular complexity index is 678. The summed E-state index contributed by atoms with van der Waals surface area (Å²) < 4.78 is 1.08. The van der Waals surface area contributed by atoms with Gasteiger partial charge in [0.1, 0.15) is 5.75 Å². The summed E-state index contributed by atoms with van der Waals surface area (Å²) >= 11 is 3.51. The number of hydrogen-bond donors (Lipinski definition) is 1. The van der Waals surface area contributed by atoms with Gasteiger partial charge < -0.3 is 5.11 Å². The summed E-state index contributed by atoms with van der Waals surface area (Å²) in [6.07, 6.45) is 1.97. The van der Waals surface area contributed by atoms with E-state index in [1.165, 1.54) is 5.56 Å². The minimum absolute atomic E-state index is 0.163. The maximum absolute atomic E-state index is 9.92. The molecule has 0 saturated carbocycles. The lowest BCUT2D eigenvalue weighted by Crippen LogP contribution is -2.47. The van der Waals surface area contributed by atoms with Crippen molar-refractivity contribution in [2.75, 3.05) is 32.7 Å². The summed E-state index contributed by atoms with van der Waals surface area (Å²) in [5.41, 5.74) is 2.38. The molecule has 4 heteroatoms. The second kappa shape index (κ2) is 7.97. The molecule has 2 aromatic carbocycles. The molecule has 2 aromatic rings. The van der Waals surface area contributed by atoms with Crippen LogP contribution in [0.2, 0.25) is 0 Å². The van der Waals surface area contributed by atoms with E-state index in [4.69, 9.17) is 0 Å². The first kappa shape index (κ1) is 17.2. The third-order valence-corrected chi connectivity index (χ3v) is 5.06. The average Bonchev–Trinajstić information content (AvgIpc) is 2.59. The summed E-state index contributed by atoms with van der Waals surface area (Å²) in [6, 6.07) is 16.3. The Morgan fingerprint density at radius 2 is 1.75 bits per heavy atom. The minimum atomic E-state index is 0.163. The largest absolute Gasteiger partial charge is 0.508 e. The molecular weight excluding hydrogens is 364 g/mol. The van der Waals surface area contributed by atoms with Crippen LogP contribution in [0.5, 0.6) is 5.75 Å². The van der Waals surface area contributed by atoms with Crippen molar-refractivity contribution in [2.24, 2.45) is 0 Å². The van der Waals surface area contributed by atoms with Crippen LogP contribution >= 0.6 is 15.9 Å². The molecule has 0 aromatic heterocycles. The number of phenolic OH excluding ortho intramolecular Hbond substituents is 1. The van der Waals surface area contributed by atoms with E-state index >= 15 is 0 Å². The molecule has 126 valence electrons. The predicted octanol–water partition coefficient (Wildman–Crippen LogP) is 4.05. The van der Waals surface area contributed by atoms with Crippen LogP contribution in [-0.2, 0) is 0 Å². The molecule has 1 N–H and O–H groups in total. The van der Waals surface area contributed by atoms with Crippen LogP contribution in [0, 0.1) is 0 Å². The lowest BCUT2D eigenvalue weighted by Gasteiger charge is -2.39. The Hall–Kier alpha value is -1.62. The number of halogens is 1. The van der Waals surface area contributed by atoms with E-state index in [2.05, 4.69) is 62.6 Å². The third kappa shape index (κ3) is 4.07. The average molecular weight is 387 g/mol. The van der Waals surface area contributed by atoms with E-state index in [1.54, 1.807) is 6.07 Å². The standard InChI is InChI=1S/C20H23BrN2O/c1-2-10-22-11-13-23(14-12-22)20(16-6-8-18(21)9-7-16)17-4-3-5-19(24)15-17/h2-9,15,20,24H,1,10-14H2. The fourth-order valence-electron chi connectivity index (χ4n) is 3.34. The van der Waals surface area contributed by atoms with E-state index in [0.717, 1.165) is 42.8 Å². The quantitative estimate of drug-likeness (QED) is 0.785. The predicted molar refractivity (Wildman–Crippen MR) is 102 cm³/mol. The highest BCUT2D eigenvalue weighted by Gasteiger charge is 2.26. The van der Waals surface area contributed by atoms with Crippen LogP contribution < -0.4 is 0 Å². The molecule has 0 spiro atoms. The van der Waals surface area contributed by atoms with E-state index in [-0.39, 0.29) is 6.04 Å². The molecule has 1 atom stereocenters. The van der Waals surface area contributed by atoms with E-state index < -0.39 is 0 Å². The third-order valence-electron chi connectivity index (χ3n) is 4.53. The van der Waals surface area contributed by atoms with Crippen LogP contribution in [-0.4, -0.2) is 47.6 Å². The first-order chi connectivity index (χ1) is 11.7. The SMILES string of the molecule is C=CCN1CCN(C(c2ccc(Br)cc2)c2cccc(O)c2)CC1. The molecule has 0 radical (unpaired) electrons. The second-order valence-electron chi connectivity index (χ2n) is 6.17. The van der Waals surface area contributed by atoms with Crippen molar-refractivity contribution in [3.8, 4) is 5.75 Å². The van der Waals surface area contributed by atoms with E-state index in [0.29, 0.717) is 5.75 Å². The fourth-order valence-corrected chi connectivity index (χ4v) is 3.61. The van der Waals surface area contributed by atoms with Gasteiger partial charge in [0.25, 0.3) is 0 Å². The van der Waals surface area contributed by atoms with Gasteiger partial charge in [0.2, 0.25) is 0 Å². The highest BCUT2D eigenvalue weighted by molar-refractivity contribution is 9.10. The number of benzene rings is 2. The molecule has 0 bridgehead atoms. The van der Waals surface area contributed by atoms with Gasteiger partial charge in [0.05, 0.1) is 6.04 Å². The number of nitrogens with zero attached hydrogens (tertiary/aromatic N) is 2. The summed E-state index contributed by atoms with van der Waals surface area (Å²) in [6.45, 7) is 8.87. The maximum atomic E-state index is 9.92. The minimum Gasteiger partial charge on any atom is -0.508 e. The van der Waals surface area contributed by atoms with Crippen molar-refractivity contribution < 1.29 is 5.11 Å². The Morgan fingerprint density at radius 1 is 1.04 bits per heavy atom. The normalized spacial score (nSPS) is 17.5. The lowest BCUT2D eigenvalue weighted by atomic mass is 9.96. The maximum Gasteiger partial charge on any atom is 0.115 e. The number of piperazine rings is 1. The zero-order valence-corrected chi connectivity index (χ0v) is 15.3. The first-order valence-electron chi connectivity index (χ1n) is 8.29. The van der Waals surface area contributed by atoms with Crippen molar-refractivity contribution in [3.05, 3.63) is 76.8 Å². The van der Waals surface area contributed by atoms with E-state index in [1.807, 2.05) is 18.2 Å². The highest BCUT2D eigenvalue weighted by atomic mass is 79.9. The molecule has 1 aliphatic rings. The molecule has 3 nitrogen and oxygen atoms in total. The molecule has 1 aliphatic heterocycles. The van der Waals surface area contributed by atoms with Crippen molar-refractivity contribution in [3.63, 3.8) is 0 Å². The van der Waals surface area contributed by atoms with Gasteiger partial charge in [0, 0.05) is 37.2 Å². The van der Waals surface area contributed by atoms with Gasteiger partial charge in [-0.1, -0.05) is 46.3 Å². The molecule has 1 unspecified atom stereocenters. The molecular formula is C20H23BrN2O. The molecule has 1 saturated heterocycles. The Morgan fingerprint density at radius 3 is 2.38 bits per heavy atom. The smallest absolute Gasteiger partial charge is 0.115 e. The Kier molecular flexibility index (Phi) is 5.72. The molecule has 1 heterocycles. The van der Waals surface area contributed by atoms with Gasteiger partial charge >= 0.3 is 0 Å². The number of aromatic hydroxyl groups is 1. The monoisotopic (exact) mass is 386 g/mol.